The molecule has 0 bridgehead atoms. The molecule has 0 saturated carbocycles. The van der Waals surface area contributed by atoms with Gasteiger partial charge in [0.2, 0.25) is 0 Å². The summed E-state index contributed by atoms with van der Waals surface area (Å²) in [5.74, 6) is 0. The van der Waals surface area contributed by atoms with Gasteiger partial charge in [0.1, 0.15) is 0 Å². The SMILES string of the molecule is C=CCC(N)CCc1ccccc1C. The molecule has 1 unspecified atom stereocenters. The molecule has 0 aliphatic carbocycles. The maximum Gasteiger partial charge on any atom is 0.00764 e. The second kappa shape index (κ2) is 5.61. The fraction of sp³-hybridized carbons (Fsp3) is 0.385. The van der Waals surface area contributed by atoms with Gasteiger partial charge in [0, 0.05) is 6.04 Å². The third-order valence-electron chi connectivity index (χ3n) is 2.52. The van der Waals surface area contributed by atoms with Gasteiger partial charge >= 0.3 is 0 Å². The fourth-order valence-electron chi connectivity index (χ4n) is 1.56. The van der Waals surface area contributed by atoms with Gasteiger partial charge < -0.3 is 5.73 Å². The van der Waals surface area contributed by atoms with E-state index in [0.29, 0.717) is 0 Å². The third kappa shape index (κ3) is 3.35. The van der Waals surface area contributed by atoms with Crippen molar-refractivity contribution in [2.75, 3.05) is 0 Å². The Labute approximate surface area is 86.6 Å². The predicted octanol–water partition coefficient (Wildman–Crippen LogP) is 2.83. The van der Waals surface area contributed by atoms with Gasteiger partial charge in [-0.2, -0.15) is 0 Å². The highest BCUT2D eigenvalue weighted by molar-refractivity contribution is 5.25. The molecule has 1 rings (SSSR count). The lowest BCUT2D eigenvalue weighted by atomic mass is 10.0. The van der Waals surface area contributed by atoms with E-state index in [-0.39, 0.29) is 6.04 Å². The van der Waals surface area contributed by atoms with E-state index in [9.17, 15) is 0 Å². The zero-order valence-corrected chi connectivity index (χ0v) is 8.87. The Morgan fingerprint density at radius 3 is 2.79 bits per heavy atom. The number of benzene rings is 1. The van der Waals surface area contributed by atoms with Crippen LogP contribution < -0.4 is 5.73 Å². The van der Waals surface area contributed by atoms with E-state index in [4.69, 9.17) is 5.73 Å². The topological polar surface area (TPSA) is 26.0 Å². The Morgan fingerprint density at radius 2 is 2.14 bits per heavy atom. The maximum absolute atomic E-state index is 5.91. The summed E-state index contributed by atoms with van der Waals surface area (Å²) in [4.78, 5) is 0. The van der Waals surface area contributed by atoms with Gasteiger partial charge in [-0.05, 0) is 37.3 Å². The molecule has 14 heavy (non-hydrogen) atoms. The number of rotatable bonds is 5. The first-order valence-electron chi connectivity index (χ1n) is 5.15. The standard InChI is InChI=1S/C13H19N/c1-3-6-13(14)10-9-12-8-5-4-7-11(12)2/h3-5,7-8,13H,1,6,9-10,14H2,2H3. The van der Waals surface area contributed by atoms with E-state index < -0.39 is 0 Å². The largest absolute Gasteiger partial charge is 0.327 e. The fourth-order valence-corrected chi connectivity index (χ4v) is 1.56. The van der Waals surface area contributed by atoms with Crippen LogP contribution in [-0.4, -0.2) is 6.04 Å². The van der Waals surface area contributed by atoms with Crippen molar-refractivity contribution in [2.45, 2.75) is 32.2 Å². The van der Waals surface area contributed by atoms with Crippen LogP contribution in [-0.2, 0) is 6.42 Å². The minimum atomic E-state index is 0.257. The smallest absolute Gasteiger partial charge is 0.00764 e. The molecule has 0 fully saturated rings. The molecule has 0 aromatic heterocycles. The summed E-state index contributed by atoms with van der Waals surface area (Å²) >= 11 is 0. The molecule has 1 aromatic rings. The summed E-state index contributed by atoms with van der Waals surface area (Å²) in [5, 5.41) is 0. The quantitative estimate of drug-likeness (QED) is 0.708. The molecule has 1 heteroatoms. The van der Waals surface area contributed by atoms with E-state index >= 15 is 0 Å². The number of hydrogen-bond acceptors (Lipinski definition) is 1. The van der Waals surface area contributed by atoms with Crippen LogP contribution in [0.5, 0.6) is 0 Å². The molecule has 0 spiro atoms. The Balaban J connectivity index is 2.45. The van der Waals surface area contributed by atoms with Crippen molar-refractivity contribution in [2.24, 2.45) is 5.73 Å². The molecule has 76 valence electrons. The molecule has 1 aromatic carbocycles. The van der Waals surface area contributed by atoms with Gasteiger partial charge in [0.05, 0.1) is 0 Å². The molecule has 0 saturated heterocycles. The molecule has 0 heterocycles. The number of nitrogens with two attached hydrogens (primary N) is 1. The predicted molar refractivity (Wildman–Crippen MR) is 62.3 cm³/mol. The second-order valence-corrected chi connectivity index (χ2v) is 3.75. The molecule has 0 radical (unpaired) electrons. The molecule has 0 aliphatic heterocycles. The zero-order chi connectivity index (χ0) is 10.4. The van der Waals surface area contributed by atoms with Gasteiger partial charge in [-0.15, -0.1) is 6.58 Å². The van der Waals surface area contributed by atoms with Crippen LogP contribution in [0.3, 0.4) is 0 Å². The van der Waals surface area contributed by atoms with Gasteiger partial charge in [0.15, 0.2) is 0 Å². The third-order valence-corrected chi connectivity index (χ3v) is 2.52. The van der Waals surface area contributed by atoms with Crippen molar-refractivity contribution < 1.29 is 0 Å². The summed E-state index contributed by atoms with van der Waals surface area (Å²) in [5.41, 5.74) is 8.68. The lowest BCUT2D eigenvalue weighted by molar-refractivity contribution is 0.620. The van der Waals surface area contributed by atoms with Gasteiger partial charge in [-0.25, -0.2) is 0 Å². The summed E-state index contributed by atoms with van der Waals surface area (Å²) in [6.07, 6.45) is 4.91. The number of aryl methyl sites for hydroxylation is 2. The van der Waals surface area contributed by atoms with Crippen molar-refractivity contribution in [3.05, 3.63) is 48.0 Å². The highest BCUT2D eigenvalue weighted by Gasteiger charge is 2.02. The second-order valence-electron chi connectivity index (χ2n) is 3.75. The summed E-state index contributed by atoms with van der Waals surface area (Å²) in [7, 11) is 0. The first-order valence-corrected chi connectivity index (χ1v) is 5.15. The Kier molecular flexibility index (Phi) is 4.41. The average molecular weight is 189 g/mol. The van der Waals surface area contributed by atoms with Crippen LogP contribution >= 0.6 is 0 Å². The van der Waals surface area contributed by atoms with Crippen molar-refractivity contribution in [3.63, 3.8) is 0 Å². The van der Waals surface area contributed by atoms with E-state index in [1.807, 2.05) is 6.08 Å². The molecule has 1 atom stereocenters. The average Bonchev–Trinajstić information content (AvgIpc) is 2.17. The van der Waals surface area contributed by atoms with E-state index in [1.54, 1.807) is 0 Å². The van der Waals surface area contributed by atoms with Crippen molar-refractivity contribution in [3.8, 4) is 0 Å². The lowest BCUT2D eigenvalue weighted by Crippen LogP contribution is -2.19. The highest BCUT2D eigenvalue weighted by Crippen LogP contribution is 2.11. The summed E-state index contributed by atoms with van der Waals surface area (Å²) in [6.45, 7) is 5.84. The monoisotopic (exact) mass is 189 g/mol. The molecule has 0 aliphatic rings. The van der Waals surface area contributed by atoms with Crippen LogP contribution in [0.25, 0.3) is 0 Å². The normalized spacial score (nSPS) is 12.4. The Hall–Kier alpha value is -1.08. The Bertz CT molecular complexity index is 291. The van der Waals surface area contributed by atoms with Gasteiger partial charge in [-0.1, -0.05) is 30.3 Å². The van der Waals surface area contributed by atoms with E-state index in [2.05, 4.69) is 37.8 Å². The minimum Gasteiger partial charge on any atom is -0.327 e. The van der Waals surface area contributed by atoms with Crippen molar-refractivity contribution in [1.82, 2.24) is 0 Å². The Morgan fingerprint density at radius 1 is 1.43 bits per heavy atom. The molecule has 0 amide bonds. The van der Waals surface area contributed by atoms with Gasteiger partial charge in [-0.3, -0.25) is 0 Å². The minimum absolute atomic E-state index is 0.257. The molecule has 2 N–H and O–H groups in total. The lowest BCUT2D eigenvalue weighted by Gasteiger charge is -2.10. The van der Waals surface area contributed by atoms with Crippen LogP contribution in [0, 0.1) is 6.92 Å². The molecular weight excluding hydrogens is 170 g/mol. The summed E-state index contributed by atoms with van der Waals surface area (Å²) in [6, 6.07) is 8.74. The maximum atomic E-state index is 5.91. The zero-order valence-electron chi connectivity index (χ0n) is 8.87. The van der Waals surface area contributed by atoms with Crippen molar-refractivity contribution in [1.29, 1.82) is 0 Å². The summed E-state index contributed by atoms with van der Waals surface area (Å²) < 4.78 is 0. The van der Waals surface area contributed by atoms with Gasteiger partial charge in [0.25, 0.3) is 0 Å². The first kappa shape index (κ1) is 11.0. The van der Waals surface area contributed by atoms with Crippen LogP contribution in [0.2, 0.25) is 0 Å². The first-order chi connectivity index (χ1) is 6.74. The van der Waals surface area contributed by atoms with Crippen LogP contribution in [0.15, 0.2) is 36.9 Å². The van der Waals surface area contributed by atoms with Crippen molar-refractivity contribution >= 4 is 0 Å². The molecular formula is C13H19N. The van der Waals surface area contributed by atoms with E-state index in [1.165, 1.54) is 11.1 Å². The molecule has 1 nitrogen and oxygen atoms in total. The highest BCUT2D eigenvalue weighted by atomic mass is 14.6. The number of hydrogen-bond donors (Lipinski definition) is 1. The van der Waals surface area contributed by atoms with Crippen LogP contribution in [0.1, 0.15) is 24.0 Å². The van der Waals surface area contributed by atoms with Crippen LogP contribution in [0.4, 0.5) is 0 Å². The van der Waals surface area contributed by atoms with E-state index in [0.717, 1.165) is 19.3 Å².